The molecule has 1 saturated heterocycles. The molecule has 2 aromatic carbocycles. The van der Waals surface area contributed by atoms with Crippen molar-refractivity contribution in [2.45, 2.75) is 39.0 Å². The van der Waals surface area contributed by atoms with Gasteiger partial charge in [0.15, 0.2) is 0 Å². The molecule has 0 aliphatic carbocycles. The Bertz CT molecular complexity index is 1030. The fourth-order valence-electron chi connectivity index (χ4n) is 3.62. The van der Waals surface area contributed by atoms with Crippen molar-refractivity contribution in [3.63, 3.8) is 0 Å². The molecule has 2 amide bonds. The van der Waals surface area contributed by atoms with Crippen LogP contribution < -0.4 is 0 Å². The molecule has 34 heavy (non-hydrogen) atoms. The van der Waals surface area contributed by atoms with Gasteiger partial charge in [0.2, 0.25) is 0 Å². The van der Waals surface area contributed by atoms with E-state index < -0.39 is 29.8 Å². The number of ether oxygens (including phenoxy) is 3. The van der Waals surface area contributed by atoms with Crippen molar-refractivity contribution in [2.75, 3.05) is 26.7 Å². The van der Waals surface area contributed by atoms with Gasteiger partial charge in [-0.05, 0) is 44.0 Å². The molecule has 1 aliphatic rings. The zero-order chi connectivity index (χ0) is 24.9. The average Bonchev–Trinajstić information content (AvgIpc) is 2.81. The van der Waals surface area contributed by atoms with Crippen molar-refractivity contribution < 1.29 is 33.7 Å². The summed E-state index contributed by atoms with van der Waals surface area (Å²) in [6.45, 7) is 6.04. The standard InChI is InChI=1S/C25H30N2O7/c1-25(2,3)34-23(30)26-12-13-27(24(31)33-16-17-8-6-5-7-9-17)20(15-26)18-10-11-19(21(28)14-18)22(29)32-4/h5-11,14,20,28H,12-13,15-16H2,1-4H3. The van der Waals surface area contributed by atoms with Crippen molar-refractivity contribution >= 4 is 18.2 Å². The molecule has 0 saturated carbocycles. The van der Waals surface area contributed by atoms with Gasteiger partial charge in [0.25, 0.3) is 0 Å². The van der Waals surface area contributed by atoms with Crippen LogP contribution >= 0.6 is 0 Å². The van der Waals surface area contributed by atoms with E-state index in [4.69, 9.17) is 9.47 Å². The van der Waals surface area contributed by atoms with E-state index in [2.05, 4.69) is 4.74 Å². The van der Waals surface area contributed by atoms with Crippen LogP contribution in [-0.2, 0) is 20.8 Å². The summed E-state index contributed by atoms with van der Waals surface area (Å²) in [4.78, 5) is 40.6. The second-order valence-corrected chi connectivity index (χ2v) is 8.94. The molecule has 0 aromatic heterocycles. The molecule has 1 fully saturated rings. The highest BCUT2D eigenvalue weighted by Gasteiger charge is 2.36. The normalized spacial score (nSPS) is 16.1. The highest BCUT2D eigenvalue weighted by atomic mass is 16.6. The number of esters is 1. The number of hydrogen-bond donors (Lipinski definition) is 1. The zero-order valence-electron chi connectivity index (χ0n) is 19.8. The molecule has 9 nitrogen and oxygen atoms in total. The maximum Gasteiger partial charge on any atom is 0.410 e. The van der Waals surface area contributed by atoms with Gasteiger partial charge in [0, 0.05) is 19.6 Å². The third kappa shape index (κ3) is 6.18. The van der Waals surface area contributed by atoms with Crippen LogP contribution in [0.15, 0.2) is 48.5 Å². The van der Waals surface area contributed by atoms with Gasteiger partial charge in [0.05, 0.1) is 13.2 Å². The number of amides is 2. The molecule has 182 valence electrons. The first-order valence-electron chi connectivity index (χ1n) is 11.0. The van der Waals surface area contributed by atoms with Gasteiger partial charge >= 0.3 is 18.2 Å². The number of piperazine rings is 1. The van der Waals surface area contributed by atoms with E-state index in [0.717, 1.165) is 5.56 Å². The molecule has 1 heterocycles. The minimum absolute atomic E-state index is 0.00395. The second kappa shape index (κ2) is 10.5. The first-order chi connectivity index (χ1) is 16.1. The molecule has 1 N–H and O–H groups in total. The number of benzene rings is 2. The van der Waals surface area contributed by atoms with Crippen molar-refractivity contribution in [3.05, 3.63) is 65.2 Å². The summed E-state index contributed by atoms with van der Waals surface area (Å²) in [6, 6.07) is 13.1. The van der Waals surface area contributed by atoms with E-state index in [9.17, 15) is 19.5 Å². The third-order valence-electron chi connectivity index (χ3n) is 5.28. The molecule has 1 unspecified atom stereocenters. The van der Waals surface area contributed by atoms with Crippen LogP contribution in [0.4, 0.5) is 9.59 Å². The third-order valence-corrected chi connectivity index (χ3v) is 5.28. The molecule has 1 atom stereocenters. The Morgan fingerprint density at radius 1 is 1.03 bits per heavy atom. The van der Waals surface area contributed by atoms with E-state index in [-0.39, 0.29) is 37.6 Å². The molecule has 0 spiro atoms. The topological polar surface area (TPSA) is 106 Å². The predicted molar refractivity (Wildman–Crippen MR) is 123 cm³/mol. The first-order valence-corrected chi connectivity index (χ1v) is 11.0. The van der Waals surface area contributed by atoms with Crippen LogP contribution in [0.2, 0.25) is 0 Å². The van der Waals surface area contributed by atoms with E-state index >= 15 is 0 Å². The Kier molecular flexibility index (Phi) is 7.65. The summed E-state index contributed by atoms with van der Waals surface area (Å²) >= 11 is 0. The molecule has 9 heteroatoms. The summed E-state index contributed by atoms with van der Waals surface area (Å²) in [5.41, 5.74) is 0.720. The largest absolute Gasteiger partial charge is 0.507 e. The van der Waals surface area contributed by atoms with Crippen molar-refractivity contribution in [2.24, 2.45) is 0 Å². The van der Waals surface area contributed by atoms with Crippen LogP contribution in [0.25, 0.3) is 0 Å². The molecular formula is C25H30N2O7. The highest BCUT2D eigenvalue weighted by molar-refractivity contribution is 5.92. The predicted octanol–water partition coefficient (Wildman–Crippen LogP) is 4.11. The Labute approximate surface area is 198 Å². The van der Waals surface area contributed by atoms with Crippen LogP contribution in [0.1, 0.15) is 48.3 Å². The van der Waals surface area contributed by atoms with Crippen LogP contribution in [0, 0.1) is 0 Å². The van der Waals surface area contributed by atoms with Crippen molar-refractivity contribution in [1.29, 1.82) is 0 Å². The molecule has 3 rings (SSSR count). The molecule has 2 aromatic rings. The van der Waals surface area contributed by atoms with Crippen LogP contribution in [0.5, 0.6) is 5.75 Å². The molecular weight excluding hydrogens is 440 g/mol. The molecule has 0 radical (unpaired) electrons. The lowest BCUT2D eigenvalue weighted by molar-refractivity contribution is 0.000805. The SMILES string of the molecule is COC(=O)c1ccc(C2CN(C(=O)OC(C)(C)C)CCN2C(=O)OCc2ccccc2)cc1O. The van der Waals surface area contributed by atoms with E-state index in [1.54, 1.807) is 26.8 Å². The van der Waals surface area contributed by atoms with Gasteiger partial charge in [-0.25, -0.2) is 14.4 Å². The number of phenols is 1. The lowest BCUT2D eigenvalue weighted by atomic mass is 10.0. The van der Waals surface area contributed by atoms with Crippen LogP contribution in [0.3, 0.4) is 0 Å². The summed E-state index contributed by atoms with van der Waals surface area (Å²) < 4.78 is 15.7. The number of carbonyl (C=O) groups is 3. The number of nitrogens with zero attached hydrogens (tertiary/aromatic N) is 2. The number of methoxy groups -OCH3 is 1. The Morgan fingerprint density at radius 3 is 2.35 bits per heavy atom. The van der Waals surface area contributed by atoms with E-state index in [0.29, 0.717) is 5.56 Å². The maximum atomic E-state index is 13.0. The van der Waals surface area contributed by atoms with Gasteiger partial charge < -0.3 is 24.2 Å². The minimum atomic E-state index is -0.679. The van der Waals surface area contributed by atoms with E-state index in [1.807, 2.05) is 30.3 Å². The zero-order valence-corrected chi connectivity index (χ0v) is 19.8. The number of carbonyl (C=O) groups excluding carboxylic acids is 3. The fraction of sp³-hybridized carbons (Fsp3) is 0.400. The lowest BCUT2D eigenvalue weighted by Gasteiger charge is -2.41. The van der Waals surface area contributed by atoms with Gasteiger partial charge in [-0.15, -0.1) is 0 Å². The number of rotatable bonds is 4. The summed E-state index contributed by atoms with van der Waals surface area (Å²) in [6.07, 6.45) is -1.04. The maximum absolute atomic E-state index is 13.0. The first kappa shape index (κ1) is 24.9. The fourth-order valence-corrected chi connectivity index (χ4v) is 3.62. The lowest BCUT2D eigenvalue weighted by Crippen LogP contribution is -2.53. The Balaban J connectivity index is 1.84. The smallest absolute Gasteiger partial charge is 0.410 e. The monoisotopic (exact) mass is 470 g/mol. The quantitative estimate of drug-likeness (QED) is 0.529. The average molecular weight is 471 g/mol. The summed E-state index contributed by atoms with van der Waals surface area (Å²) in [7, 11) is 1.22. The van der Waals surface area contributed by atoms with Crippen molar-refractivity contribution in [3.8, 4) is 5.75 Å². The van der Waals surface area contributed by atoms with Gasteiger partial charge in [-0.1, -0.05) is 36.4 Å². The van der Waals surface area contributed by atoms with Crippen molar-refractivity contribution in [1.82, 2.24) is 9.80 Å². The summed E-state index contributed by atoms with van der Waals surface area (Å²) in [5, 5.41) is 10.4. The number of aromatic hydroxyl groups is 1. The Morgan fingerprint density at radius 2 is 1.74 bits per heavy atom. The van der Waals surface area contributed by atoms with Gasteiger partial charge in [-0.3, -0.25) is 4.90 Å². The summed E-state index contributed by atoms with van der Waals surface area (Å²) in [5.74, 6) is -0.960. The highest BCUT2D eigenvalue weighted by Crippen LogP contribution is 2.31. The van der Waals surface area contributed by atoms with E-state index in [1.165, 1.54) is 29.0 Å². The Hall–Kier alpha value is -3.75. The second-order valence-electron chi connectivity index (χ2n) is 8.94. The number of hydrogen-bond acceptors (Lipinski definition) is 7. The van der Waals surface area contributed by atoms with Gasteiger partial charge in [0.1, 0.15) is 23.5 Å². The molecule has 1 aliphatic heterocycles. The van der Waals surface area contributed by atoms with Crippen LogP contribution in [-0.4, -0.2) is 65.4 Å². The number of phenolic OH excluding ortho intramolecular Hbond substituents is 1. The minimum Gasteiger partial charge on any atom is -0.507 e. The molecule has 0 bridgehead atoms. The van der Waals surface area contributed by atoms with Gasteiger partial charge in [-0.2, -0.15) is 0 Å².